The molecule has 7 nitrogen and oxygen atoms in total. The van der Waals surface area contributed by atoms with Crippen LogP contribution in [-0.2, 0) is 12.7 Å². The molecule has 3 aromatic rings. The second kappa shape index (κ2) is 8.75. The van der Waals surface area contributed by atoms with Gasteiger partial charge in [-0.3, -0.25) is 9.78 Å². The predicted molar refractivity (Wildman–Crippen MR) is 101 cm³/mol. The quantitative estimate of drug-likeness (QED) is 0.517. The van der Waals surface area contributed by atoms with Crippen LogP contribution in [-0.4, -0.2) is 24.9 Å². The van der Waals surface area contributed by atoms with Gasteiger partial charge >= 0.3 is 12.6 Å². The Morgan fingerprint density at radius 3 is 2.59 bits per heavy atom. The van der Waals surface area contributed by atoms with E-state index in [1.54, 1.807) is 0 Å². The maximum atomic E-state index is 13.4. The molecule has 0 atom stereocenters. The van der Waals surface area contributed by atoms with Crippen molar-refractivity contribution in [1.29, 1.82) is 0 Å². The zero-order chi connectivity index (χ0) is 22.9. The summed E-state index contributed by atoms with van der Waals surface area (Å²) in [6, 6.07) is 3.43. The Morgan fingerprint density at radius 1 is 1.19 bits per heavy atom. The van der Waals surface area contributed by atoms with E-state index in [0.29, 0.717) is 5.56 Å². The van der Waals surface area contributed by atoms with Crippen LogP contribution in [0.1, 0.15) is 67.2 Å². The number of rotatable bonds is 5. The maximum Gasteiger partial charge on any atom is 0.418 e. The van der Waals surface area contributed by atoms with Crippen molar-refractivity contribution in [2.24, 2.45) is 0 Å². The van der Waals surface area contributed by atoms with Gasteiger partial charge in [0, 0.05) is 11.8 Å². The molecule has 3 aromatic heterocycles. The second-order valence-corrected chi connectivity index (χ2v) is 7.53. The minimum absolute atomic E-state index is 0.0367. The number of halogens is 5. The van der Waals surface area contributed by atoms with Crippen LogP contribution in [0.5, 0.6) is 0 Å². The summed E-state index contributed by atoms with van der Waals surface area (Å²) in [5.74, 6) is -1.32. The van der Waals surface area contributed by atoms with Gasteiger partial charge in [0.25, 0.3) is 11.4 Å². The molecule has 1 aliphatic rings. The highest BCUT2D eigenvalue weighted by Crippen LogP contribution is 2.33. The molecule has 0 spiro atoms. The first kappa shape index (κ1) is 22.0. The summed E-state index contributed by atoms with van der Waals surface area (Å²) < 4.78 is 71.3. The van der Waals surface area contributed by atoms with E-state index in [-0.39, 0.29) is 23.1 Å². The van der Waals surface area contributed by atoms with Gasteiger partial charge in [0.2, 0.25) is 5.82 Å². The highest BCUT2D eigenvalue weighted by atomic mass is 19.4. The monoisotopic (exact) mass is 455 g/mol. The van der Waals surface area contributed by atoms with E-state index in [0.717, 1.165) is 48.9 Å². The molecule has 0 amide bonds. The van der Waals surface area contributed by atoms with Crippen molar-refractivity contribution in [1.82, 2.24) is 24.9 Å². The SMILES string of the molecule is O=c1c(C2CCCCC2)cc(-c2noc(C(F)F)n2)nn1Cc1ncccc1C(F)(F)F. The van der Waals surface area contributed by atoms with Crippen LogP contribution in [0.2, 0.25) is 0 Å². The van der Waals surface area contributed by atoms with Crippen LogP contribution in [0.15, 0.2) is 33.7 Å². The molecule has 32 heavy (non-hydrogen) atoms. The van der Waals surface area contributed by atoms with Gasteiger partial charge in [-0.25, -0.2) is 4.68 Å². The highest BCUT2D eigenvalue weighted by Gasteiger charge is 2.34. The van der Waals surface area contributed by atoms with Crippen LogP contribution in [0.4, 0.5) is 22.0 Å². The third-order valence-electron chi connectivity index (χ3n) is 5.40. The molecule has 3 heterocycles. The van der Waals surface area contributed by atoms with Crippen molar-refractivity contribution in [2.75, 3.05) is 0 Å². The number of aromatic nitrogens is 5. The Kier molecular flexibility index (Phi) is 6.02. The lowest BCUT2D eigenvalue weighted by molar-refractivity contribution is -0.138. The van der Waals surface area contributed by atoms with Crippen LogP contribution in [0.25, 0.3) is 11.5 Å². The van der Waals surface area contributed by atoms with Gasteiger partial charge in [-0.2, -0.15) is 32.0 Å². The van der Waals surface area contributed by atoms with Gasteiger partial charge in [-0.15, -0.1) is 0 Å². The van der Waals surface area contributed by atoms with E-state index in [1.165, 1.54) is 12.3 Å². The summed E-state index contributed by atoms with van der Waals surface area (Å²) in [5, 5.41) is 7.55. The zero-order valence-electron chi connectivity index (χ0n) is 16.6. The number of pyridine rings is 1. The van der Waals surface area contributed by atoms with Crippen LogP contribution in [0.3, 0.4) is 0 Å². The zero-order valence-corrected chi connectivity index (χ0v) is 16.6. The molecule has 170 valence electrons. The van der Waals surface area contributed by atoms with Gasteiger partial charge < -0.3 is 4.52 Å². The lowest BCUT2D eigenvalue weighted by Gasteiger charge is -2.22. The fourth-order valence-electron chi connectivity index (χ4n) is 3.88. The van der Waals surface area contributed by atoms with Gasteiger partial charge in [0.15, 0.2) is 0 Å². The average molecular weight is 455 g/mol. The third kappa shape index (κ3) is 4.53. The molecule has 1 fully saturated rings. The molecule has 0 N–H and O–H groups in total. The minimum Gasteiger partial charge on any atom is -0.333 e. The molecule has 0 saturated heterocycles. The van der Waals surface area contributed by atoms with Crippen molar-refractivity contribution < 1.29 is 26.5 Å². The van der Waals surface area contributed by atoms with E-state index >= 15 is 0 Å². The molecule has 12 heteroatoms. The molecular formula is C20H18F5N5O2. The standard InChI is InChI=1S/C20H18F5N5O2/c21-16(22)18-27-17(29-32-18)14-9-12(11-5-2-1-3-6-11)19(31)30(28-14)10-15-13(20(23,24)25)7-4-8-26-15/h4,7-9,11,16H,1-3,5-6,10H2. The van der Waals surface area contributed by atoms with E-state index in [9.17, 15) is 26.7 Å². The van der Waals surface area contributed by atoms with Crippen molar-refractivity contribution in [2.45, 2.75) is 57.2 Å². The minimum atomic E-state index is -4.67. The molecule has 0 aromatic carbocycles. The smallest absolute Gasteiger partial charge is 0.333 e. The predicted octanol–water partition coefficient (Wildman–Crippen LogP) is 4.74. The Morgan fingerprint density at radius 2 is 1.94 bits per heavy atom. The number of nitrogens with zero attached hydrogens (tertiary/aromatic N) is 5. The first-order valence-corrected chi connectivity index (χ1v) is 9.99. The van der Waals surface area contributed by atoms with Crippen molar-refractivity contribution in [3.8, 4) is 11.5 Å². The first-order valence-electron chi connectivity index (χ1n) is 9.99. The lowest BCUT2D eigenvalue weighted by atomic mass is 9.84. The fraction of sp³-hybridized carbons (Fsp3) is 0.450. The van der Waals surface area contributed by atoms with E-state index in [4.69, 9.17) is 0 Å². The second-order valence-electron chi connectivity index (χ2n) is 7.53. The molecule has 0 bridgehead atoms. The molecule has 0 radical (unpaired) electrons. The fourth-order valence-corrected chi connectivity index (χ4v) is 3.88. The Balaban J connectivity index is 1.82. The van der Waals surface area contributed by atoms with E-state index in [1.807, 2.05) is 0 Å². The third-order valence-corrected chi connectivity index (χ3v) is 5.40. The Hall–Kier alpha value is -3.18. The van der Waals surface area contributed by atoms with Crippen LogP contribution in [0, 0.1) is 0 Å². The summed E-state index contributed by atoms with van der Waals surface area (Å²) in [6.07, 6.45) is -2.20. The summed E-state index contributed by atoms with van der Waals surface area (Å²) in [7, 11) is 0. The Labute approximate surface area is 178 Å². The average Bonchev–Trinajstić information content (AvgIpc) is 3.26. The summed E-state index contributed by atoms with van der Waals surface area (Å²) in [6.45, 7) is -0.554. The van der Waals surface area contributed by atoms with Crippen molar-refractivity contribution >= 4 is 0 Å². The van der Waals surface area contributed by atoms with Crippen LogP contribution >= 0.6 is 0 Å². The number of alkyl halides is 5. The molecule has 4 rings (SSSR count). The molecule has 1 aliphatic carbocycles. The molecular weight excluding hydrogens is 437 g/mol. The van der Waals surface area contributed by atoms with Crippen molar-refractivity contribution in [3.05, 3.63) is 57.5 Å². The largest absolute Gasteiger partial charge is 0.418 e. The number of hydrogen-bond acceptors (Lipinski definition) is 6. The Bertz CT molecular complexity index is 1150. The molecule has 0 unspecified atom stereocenters. The lowest BCUT2D eigenvalue weighted by Crippen LogP contribution is -2.30. The topological polar surface area (TPSA) is 86.7 Å². The molecule has 1 saturated carbocycles. The first-order chi connectivity index (χ1) is 15.2. The maximum absolute atomic E-state index is 13.4. The van der Waals surface area contributed by atoms with Gasteiger partial charge in [0.1, 0.15) is 5.69 Å². The highest BCUT2D eigenvalue weighted by molar-refractivity contribution is 5.49. The van der Waals surface area contributed by atoms with E-state index in [2.05, 4.69) is 24.7 Å². The van der Waals surface area contributed by atoms with Gasteiger partial charge in [-0.1, -0.05) is 24.4 Å². The van der Waals surface area contributed by atoms with Gasteiger partial charge in [0.05, 0.1) is 17.8 Å². The summed E-state index contributed by atoms with van der Waals surface area (Å²) >= 11 is 0. The van der Waals surface area contributed by atoms with E-state index < -0.39 is 36.2 Å². The van der Waals surface area contributed by atoms with Gasteiger partial charge in [-0.05, 0) is 37.0 Å². The van der Waals surface area contributed by atoms with Crippen molar-refractivity contribution in [3.63, 3.8) is 0 Å². The normalized spacial score (nSPS) is 15.4. The summed E-state index contributed by atoms with van der Waals surface area (Å²) in [4.78, 5) is 20.5. The molecule has 0 aliphatic heterocycles. The summed E-state index contributed by atoms with van der Waals surface area (Å²) in [5.41, 5.74) is -1.63. The van der Waals surface area contributed by atoms with Crippen LogP contribution < -0.4 is 5.56 Å². The number of hydrogen-bond donors (Lipinski definition) is 0.